The van der Waals surface area contributed by atoms with Crippen molar-refractivity contribution >= 4 is 17.0 Å². The van der Waals surface area contributed by atoms with Crippen LogP contribution >= 0.6 is 0 Å². The Bertz CT molecular complexity index is 904. The summed E-state index contributed by atoms with van der Waals surface area (Å²) in [6.07, 6.45) is 7.04. The normalized spacial score (nSPS) is 12.2. The van der Waals surface area contributed by atoms with Gasteiger partial charge in [-0.15, -0.1) is 5.10 Å². The third-order valence-corrected chi connectivity index (χ3v) is 5.08. The summed E-state index contributed by atoms with van der Waals surface area (Å²) in [7, 11) is 0. The molecule has 2 aromatic carbocycles. The maximum atomic E-state index is 12.6. The number of benzene rings is 2. The largest absolute Gasteiger partial charge is 0.465 e. The zero-order valence-corrected chi connectivity index (χ0v) is 16.8. The van der Waals surface area contributed by atoms with Crippen LogP contribution in [0.3, 0.4) is 0 Å². The number of rotatable bonds is 10. The van der Waals surface area contributed by atoms with Gasteiger partial charge in [-0.05, 0) is 37.1 Å². The van der Waals surface area contributed by atoms with E-state index in [1.165, 1.54) is 25.7 Å². The number of carbonyl (C=O) groups is 1. The van der Waals surface area contributed by atoms with Gasteiger partial charge in [-0.1, -0.05) is 74.6 Å². The van der Waals surface area contributed by atoms with Crippen molar-refractivity contribution in [1.29, 1.82) is 0 Å². The van der Waals surface area contributed by atoms with Crippen molar-refractivity contribution in [3.63, 3.8) is 0 Å². The van der Waals surface area contributed by atoms with Crippen LogP contribution < -0.4 is 0 Å². The fraction of sp³-hybridized carbons (Fsp3) is 0.435. The van der Waals surface area contributed by atoms with E-state index in [1.807, 2.05) is 55.5 Å². The second kappa shape index (κ2) is 10.0. The Labute approximate surface area is 166 Å². The first-order chi connectivity index (χ1) is 13.7. The quantitative estimate of drug-likeness (QED) is 0.348. The molecule has 0 aliphatic rings. The number of hydrogen-bond acceptors (Lipinski definition) is 4. The number of ether oxygens (including phenoxy) is 1. The molecule has 3 aromatic rings. The summed E-state index contributed by atoms with van der Waals surface area (Å²) in [5, 5.41) is 8.52. The number of para-hydroxylation sites is 2. The van der Waals surface area contributed by atoms with Crippen molar-refractivity contribution in [3.05, 3.63) is 54.1 Å². The van der Waals surface area contributed by atoms with Crippen LogP contribution in [0.5, 0.6) is 0 Å². The van der Waals surface area contributed by atoms with Crippen LogP contribution in [0.15, 0.2) is 48.5 Å². The van der Waals surface area contributed by atoms with Crippen LogP contribution in [-0.4, -0.2) is 27.6 Å². The van der Waals surface area contributed by atoms with E-state index in [1.54, 1.807) is 4.68 Å². The Balaban J connectivity index is 1.66. The molecule has 1 atom stereocenters. The molecule has 0 N–H and O–H groups in total. The molecule has 1 unspecified atom stereocenters. The van der Waals surface area contributed by atoms with Gasteiger partial charge >= 0.3 is 5.97 Å². The molecule has 0 amide bonds. The topological polar surface area (TPSA) is 57.0 Å². The summed E-state index contributed by atoms with van der Waals surface area (Å²) < 4.78 is 7.33. The van der Waals surface area contributed by atoms with Gasteiger partial charge in [0.05, 0.1) is 23.7 Å². The summed E-state index contributed by atoms with van der Waals surface area (Å²) in [5.74, 6) is -0.551. The summed E-state index contributed by atoms with van der Waals surface area (Å²) in [6, 6.07) is 15.6. The van der Waals surface area contributed by atoms with E-state index in [9.17, 15) is 4.79 Å². The van der Waals surface area contributed by atoms with Crippen molar-refractivity contribution in [2.45, 2.75) is 58.3 Å². The molecule has 0 aliphatic carbocycles. The monoisotopic (exact) mass is 379 g/mol. The fourth-order valence-corrected chi connectivity index (χ4v) is 3.40. The molecule has 5 nitrogen and oxygen atoms in total. The summed E-state index contributed by atoms with van der Waals surface area (Å²) in [4.78, 5) is 12.6. The zero-order chi connectivity index (χ0) is 19.8. The van der Waals surface area contributed by atoms with Crippen LogP contribution in [0.1, 0.15) is 63.9 Å². The number of fused-ring (bicyclic) bond motifs is 1. The molecule has 0 spiro atoms. The second-order valence-electron chi connectivity index (χ2n) is 7.21. The van der Waals surface area contributed by atoms with Gasteiger partial charge in [-0.2, -0.15) is 0 Å². The van der Waals surface area contributed by atoms with E-state index in [0.29, 0.717) is 6.61 Å². The highest BCUT2D eigenvalue weighted by Gasteiger charge is 2.21. The van der Waals surface area contributed by atoms with Gasteiger partial charge < -0.3 is 4.74 Å². The number of aromatic nitrogens is 3. The van der Waals surface area contributed by atoms with E-state index in [-0.39, 0.29) is 11.9 Å². The zero-order valence-electron chi connectivity index (χ0n) is 16.8. The molecule has 5 heteroatoms. The molecular formula is C23H29N3O2. The lowest BCUT2D eigenvalue weighted by molar-refractivity contribution is -0.145. The Morgan fingerprint density at radius 2 is 1.71 bits per heavy atom. The average molecular weight is 380 g/mol. The predicted octanol–water partition coefficient (Wildman–Crippen LogP) is 5.43. The number of nitrogens with zero attached hydrogens (tertiary/aromatic N) is 3. The highest BCUT2D eigenvalue weighted by atomic mass is 16.5. The smallest absolute Gasteiger partial charge is 0.313 e. The van der Waals surface area contributed by atoms with Crippen molar-refractivity contribution in [3.8, 4) is 5.69 Å². The van der Waals surface area contributed by atoms with Gasteiger partial charge in [0, 0.05) is 0 Å². The summed E-state index contributed by atoms with van der Waals surface area (Å²) in [5.41, 5.74) is 3.50. The van der Waals surface area contributed by atoms with E-state index in [4.69, 9.17) is 4.74 Å². The van der Waals surface area contributed by atoms with Crippen LogP contribution in [0, 0.1) is 0 Å². The molecule has 0 saturated heterocycles. The third kappa shape index (κ3) is 4.77. The SMILES string of the molecule is CCCCCCCCOC(=O)C(C)c1ccccc1-n1nnc2ccccc21. The molecule has 0 aliphatic heterocycles. The van der Waals surface area contributed by atoms with Gasteiger partial charge in [0.15, 0.2) is 0 Å². The Kier molecular flexibility index (Phi) is 7.18. The van der Waals surface area contributed by atoms with Crippen LogP contribution in [0.2, 0.25) is 0 Å². The molecule has 0 saturated carbocycles. The van der Waals surface area contributed by atoms with Crippen molar-refractivity contribution in [2.75, 3.05) is 6.61 Å². The predicted molar refractivity (Wildman–Crippen MR) is 112 cm³/mol. The molecular weight excluding hydrogens is 350 g/mol. The first-order valence-electron chi connectivity index (χ1n) is 10.3. The first kappa shape index (κ1) is 20.1. The lowest BCUT2D eigenvalue weighted by Gasteiger charge is -2.16. The molecule has 148 valence electrons. The van der Waals surface area contributed by atoms with Crippen molar-refractivity contribution < 1.29 is 9.53 Å². The Hall–Kier alpha value is -2.69. The van der Waals surface area contributed by atoms with Crippen LogP contribution in [0.4, 0.5) is 0 Å². The molecule has 0 bridgehead atoms. The standard InChI is InChI=1S/C23H29N3O2/c1-3-4-5-6-7-12-17-28-23(27)18(2)19-13-8-10-15-21(19)26-22-16-11-9-14-20(22)24-25-26/h8-11,13-16,18H,3-7,12,17H2,1-2H3. The first-order valence-corrected chi connectivity index (χ1v) is 10.3. The number of hydrogen-bond donors (Lipinski definition) is 0. The summed E-state index contributed by atoms with van der Waals surface area (Å²) >= 11 is 0. The Morgan fingerprint density at radius 3 is 2.57 bits per heavy atom. The minimum absolute atomic E-state index is 0.189. The molecule has 1 heterocycles. The lowest BCUT2D eigenvalue weighted by Crippen LogP contribution is -2.16. The van der Waals surface area contributed by atoms with E-state index < -0.39 is 0 Å². The van der Waals surface area contributed by atoms with E-state index in [2.05, 4.69) is 17.2 Å². The maximum Gasteiger partial charge on any atom is 0.313 e. The minimum Gasteiger partial charge on any atom is -0.465 e. The number of esters is 1. The van der Waals surface area contributed by atoms with Crippen LogP contribution in [-0.2, 0) is 9.53 Å². The van der Waals surface area contributed by atoms with E-state index in [0.717, 1.165) is 35.1 Å². The highest BCUT2D eigenvalue weighted by Crippen LogP contribution is 2.26. The van der Waals surface area contributed by atoms with Crippen LogP contribution in [0.25, 0.3) is 16.7 Å². The van der Waals surface area contributed by atoms with Gasteiger partial charge in [0.25, 0.3) is 0 Å². The number of unbranched alkanes of at least 4 members (excludes halogenated alkanes) is 5. The van der Waals surface area contributed by atoms with Gasteiger partial charge in [-0.3, -0.25) is 4.79 Å². The van der Waals surface area contributed by atoms with Gasteiger partial charge in [0.1, 0.15) is 5.52 Å². The third-order valence-electron chi connectivity index (χ3n) is 5.08. The highest BCUT2D eigenvalue weighted by molar-refractivity contribution is 5.81. The minimum atomic E-state index is -0.362. The van der Waals surface area contributed by atoms with Gasteiger partial charge in [-0.25, -0.2) is 4.68 Å². The number of carbonyl (C=O) groups excluding carboxylic acids is 1. The van der Waals surface area contributed by atoms with Gasteiger partial charge in [0.2, 0.25) is 0 Å². The Morgan fingerprint density at radius 1 is 1.00 bits per heavy atom. The van der Waals surface area contributed by atoms with E-state index >= 15 is 0 Å². The second-order valence-corrected chi connectivity index (χ2v) is 7.21. The summed E-state index contributed by atoms with van der Waals surface area (Å²) in [6.45, 7) is 4.59. The lowest BCUT2D eigenvalue weighted by atomic mass is 9.99. The van der Waals surface area contributed by atoms with Crippen molar-refractivity contribution in [2.24, 2.45) is 0 Å². The average Bonchev–Trinajstić information content (AvgIpc) is 3.16. The molecule has 0 fully saturated rings. The molecule has 0 radical (unpaired) electrons. The van der Waals surface area contributed by atoms with Crippen molar-refractivity contribution in [1.82, 2.24) is 15.0 Å². The molecule has 1 aromatic heterocycles. The maximum absolute atomic E-state index is 12.6. The molecule has 3 rings (SSSR count). The fourth-order valence-electron chi connectivity index (χ4n) is 3.40. The molecule has 28 heavy (non-hydrogen) atoms.